The van der Waals surface area contributed by atoms with E-state index in [2.05, 4.69) is 33.0 Å². The normalized spacial score (nSPS) is 16.0. The Hall–Kier alpha value is -0.970. The predicted molar refractivity (Wildman–Crippen MR) is 183 cm³/mol. The number of nitrogens with one attached hydrogen (secondary N) is 1. The Balaban J connectivity index is -0.0000000500. The molecule has 2 heterocycles. The summed E-state index contributed by atoms with van der Waals surface area (Å²) in [6, 6.07) is 0. The summed E-state index contributed by atoms with van der Waals surface area (Å²) in [6.45, 7) is 28.9. The molecule has 7 heteroatoms. The Bertz CT molecular complexity index is 515. The Kier molecular flexibility index (Phi) is 43.8. The molecule has 6 radical (unpaired) electrons. The lowest BCUT2D eigenvalue weighted by atomic mass is 9.74. The van der Waals surface area contributed by atoms with Crippen LogP contribution in [0.5, 0.6) is 0 Å². The van der Waals surface area contributed by atoms with E-state index in [9.17, 15) is 9.59 Å². The summed E-state index contributed by atoms with van der Waals surface area (Å²) in [5.74, 6) is -0.489. The first-order chi connectivity index (χ1) is 16.5. The summed E-state index contributed by atoms with van der Waals surface area (Å²) in [5.41, 5.74) is 1.22. The van der Waals surface area contributed by atoms with Crippen LogP contribution in [0.1, 0.15) is 152 Å². The van der Waals surface area contributed by atoms with Gasteiger partial charge in [-0.25, -0.2) is 0 Å². The lowest BCUT2D eigenvalue weighted by Gasteiger charge is -2.41. The number of carboxylic acid groups (broad SMARTS) is 1. The highest BCUT2D eigenvalue weighted by molar-refractivity contribution is 5.78. The van der Waals surface area contributed by atoms with E-state index in [4.69, 9.17) is 5.11 Å². The van der Waals surface area contributed by atoms with Gasteiger partial charge in [0.2, 0.25) is 5.91 Å². The van der Waals surface area contributed by atoms with E-state index in [0.717, 1.165) is 13.1 Å². The highest BCUT2D eigenvalue weighted by Crippen LogP contribution is 2.38. The van der Waals surface area contributed by atoms with Gasteiger partial charge >= 0.3 is 5.97 Å². The monoisotopic (exact) mass is 561 g/mol. The fraction of sp³-hybridized carbons (Fsp3) is 0.938. The van der Waals surface area contributed by atoms with E-state index in [1.807, 2.05) is 46.4 Å². The quantitative estimate of drug-likeness (QED) is 0.318. The number of nitrogens with zero attached hydrogens (tertiary/aromatic N) is 1. The molecule has 2 saturated heterocycles. The number of hydrogen-bond donors (Lipinski definition) is 2. The third kappa shape index (κ3) is 22.4. The summed E-state index contributed by atoms with van der Waals surface area (Å²) >= 11 is 0. The first kappa shape index (κ1) is 54.2. The Morgan fingerprint density at radius 3 is 1.21 bits per heavy atom. The van der Waals surface area contributed by atoms with Crippen LogP contribution in [0, 0.1) is 22.7 Å². The smallest absolute Gasteiger partial charge is 0.305 e. The van der Waals surface area contributed by atoms with Gasteiger partial charge in [-0.1, -0.05) is 124 Å². The fourth-order valence-electron chi connectivity index (χ4n) is 4.44. The molecule has 2 rings (SSSR count). The van der Waals surface area contributed by atoms with E-state index < -0.39 is 5.97 Å². The number of carbonyl (C=O) groups is 2. The average molecular weight is 561 g/mol. The van der Waals surface area contributed by atoms with Gasteiger partial charge in [0.05, 0.1) is 5.92 Å². The molecule has 0 aliphatic carbocycles. The van der Waals surface area contributed by atoms with Gasteiger partial charge in [-0.15, -0.1) is 0 Å². The van der Waals surface area contributed by atoms with Gasteiger partial charge in [-0.05, 0) is 49.6 Å². The lowest BCUT2D eigenvalue weighted by Crippen LogP contribution is -2.44. The molecule has 0 unspecified atom stereocenters. The van der Waals surface area contributed by atoms with Crippen LogP contribution in [0.4, 0.5) is 0 Å². The van der Waals surface area contributed by atoms with Crippen LogP contribution in [0.2, 0.25) is 0 Å². The van der Waals surface area contributed by atoms with Crippen molar-refractivity contribution in [2.45, 2.75) is 149 Å². The summed E-state index contributed by atoms with van der Waals surface area (Å²) in [6.07, 6.45) is 10.4. The minimum Gasteiger partial charge on any atom is -0.481 e. The summed E-state index contributed by atoms with van der Waals surface area (Å²) < 4.78 is 0. The maximum absolute atomic E-state index is 11.8. The van der Waals surface area contributed by atoms with Crippen molar-refractivity contribution in [3.63, 3.8) is 0 Å². The molecule has 0 aromatic carbocycles. The summed E-state index contributed by atoms with van der Waals surface area (Å²) in [7, 11) is 0. The van der Waals surface area contributed by atoms with Crippen LogP contribution in [-0.2, 0) is 9.59 Å². The van der Waals surface area contributed by atoms with Gasteiger partial charge in [-0.2, -0.15) is 0 Å². The third-order valence-corrected chi connectivity index (χ3v) is 7.79. The fourth-order valence-corrected chi connectivity index (χ4v) is 4.44. The van der Waals surface area contributed by atoms with Crippen molar-refractivity contribution in [1.82, 2.24) is 10.2 Å². The van der Waals surface area contributed by atoms with Crippen LogP contribution < -0.4 is 5.32 Å². The molecular weight excluding hydrogens is 482 g/mol. The van der Waals surface area contributed by atoms with E-state index in [1.165, 1.54) is 64.5 Å². The van der Waals surface area contributed by atoms with Gasteiger partial charge in [-0.3, -0.25) is 9.59 Å². The van der Waals surface area contributed by atoms with Gasteiger partial charge in [0.25, 0.3) is 0 Å². The number of aliphatic carboxylic acids is 1. The molecule has 39 heavy (non-hydrogen) atoms. The number of piperidine rings is 2. The van der Waals surface area contributed by atoms with E-state index in [1.54, 1.807) is 13.8 Å². The van der Waals surface area contributed by atoms with Gasteiger partial charge in [0.15, 0.2) is 0 Å². The first-order valence-corrected chi connectivity index (χ1v) is 14.7. The summed E-state index contributed by atoms with van der Waals surface area (Å²) in [4.78, 5) is 23.6. The standard InChI is InChI=1S/C13H25NO.C9H19N.C4H8O2.2C2H6.2CH4.2B.2H2/c1-5-13(6-2)7-9-14(10-8-13)12(15)11(3)4;1-3-9(4-2)5-7-10-8-6-9;1-3(2)4(5)6;2*1-2;;;;;;/h11H,5-10H2,1-4H3;10H,3-8H2,1-2H3;3H,1-2H3,(H,5,6);2*1-2H3;2*1H4;;;2*1H/i;;;;;;;;;2*1+1. The van der Waals surface area contributed by atoms with Crippen LogP contribution in [0.15, 0.2) is 0 Å². The number of hydrogen-bond acceptors (Lipinski definition) is 3. The zero-order valence-corrected chi connectivity index (χ0v) is 27.0. The maximum atomic E-state index is 11.8. The number of likely N-dealkylation sites (tertiary alicyclic amines) is 1. The molecule has 2 aliphatic heterocycles. The molecule has 0 atom stereocenters. The van der Waals surface area contributed by atoms with Crippen molar-refractivity contribution in [2.24, 2.45) is 22.7 Å². The number of rotatable bonds is 6. The topological polar surface area (TPSA) is 69.6 Å². The van der Waals surface area contributed by atoms with Crippen LogP contribution in [0.3, 0.4) is 0 Å². The lowest BCUT2D eigenvalue weighted by molar-refractivity contribution is -0.140. The van der Waals surface area contributed by atoms with Crippen molar-refractivity contribution < 1.29 is 17.5 Å². The molecule has 2 aliphatic rings. The molecular formula is C32H76B2N2O3. The largest absolute Gasteiger partial charge is 0.481 e. The van der Waals surface area contributed by atoms with Crippen molar-refractivity contribution in [3.8, 4) is 0 Å². The van der Waals surface area contributed by atoms with Crippen LogP contribution >= 0.6 is 0 Å². The molecule has 0 aromatic heterocycles. The number of carbonyl (C=O) groups excluding carboxylic acids is 1. The molecule has 0 aromatic rings. The second-order valence-electron chi connectivity index (χ2n) is 10.1. The Morgan fingerprint density at radius 2 is 1.00 bits per heavy atom. The highest BCUT2D eigenvalue weighted by atomic mass is 16.4. The minimum absolute atomic E-state index is 0. The van der Waals surface area contributed by atoms with Crippen molar-refractivity contribution in [1.29, 1.82) is 0 Å². The molecule has 0 saturated carbocycles. The Labute approximate surface area is 254 Å². The summed E-state index contributed by atoms with van der Waals surface area (Å²) in [5, 5.41) is 11.4. The highest BCUT2D eigenvalue weighted by Gasteiger charge is 2.33. The van der Waals surface area contributed by atoms with Crippen molar-refractivity contribution in [3.05, 3.63) is 0 Å². The van der Waals surface area contributed by atoms with Crippen LogP contribution in [0.25, 0.3) is 0 Å². The Morgan fingerprint density at radius 1 is 0.718 bits per heavy atom. The van der Waals surface area contributed by atoms with Gasteiger partial charge in [0, 0.05) is 38.7 Å². The SMILES string of the molecule is C.C.CC.CC.CC(C)C(=O)O.CCC1(CC)CCN(C(=O)C(C)C)CC1.CCC1(CC)CCNCC1.[2HH].[2HH].[B].[B]. The molecule has 0 spiro atoms. The van der Waals surface area contributed by atoms with Crippen LogP contribution in [-0.4, -0.2) is 64.9 Å². The third-order valence-electron chi connectivity index (χ3n) is 7.79. The maximum Gasteiger partial charge on any atom is 0.305 e. The minimum atomic E-state index is -0.741. The van der Waals surface area contributed by atoms with Gasteiger partial charge in [0.1, 0.15) is 0 Å². The number of carboxylic acids is 1. The molecule has 238 valence electrons. The molecule has 2 N–H and O–H groups in total. The zero-order valence-electron chi connectivity index (χ0n) is 27.0. The molecule has 2 fully saturated rings. The molecule has 0 bridgehead atoms. The van der Waals surface area contributed by atoms with Crippen molar-refractivity contribution in [2.75, 3.05) is 26.2 Å². The zero-order chi connectivity index (χ0) is 28.1. The first-order valence-electron chi connectivity index (χ1n) is 14.7. The second kappa shape index (κ2) is 31.6. The number of amides is 1. The average Bonchev–Trinajstić information content (AvgIpc) is 2.91. The molecule has 1 amide bonds. The predicted octanol–water partition coefficient (Wildman–Crippen LogP) is 9.03. The second-order valence-corrected chi connectivity index (χ2v) is 10.1. The van der Waals surface area contributed by atoms with E-state index in [0.29, 0.717) is 16.7 Å². The van der Waals surface area contributed by atoms with E-state index >= 15 is 0 Å². The van der Waals surface area contributed by atoms with Crippen molar-refractivity contribution >= 4 is 28.7 Å². The van der Waals surface area contributed by atoms with E-state index in [-0.39, 0.29) is 46.4 Å². The van der Waals surface area contributed by atoms with Gasteiger partial charge < -0.3 is 15.3 Å². The molecule has 5 nitrogen and oxygen atoms in total.